The lowest BCUT2D eigenvalue weighted by atomic mass is 9.98. The van der Waals surface area contributed by atoms with Crippen molar-refractivity contribution < 1.29 is 15.0 Å². The second kappa shape index (κ2) is 6.31. The highest BCUT2D eigenvalue weighted by Gasteiger charge is 2.25. The molecule has 0 bridgehead atoms. The predicted molar refractivity (Wildman–Crippen MR) is 81.8 cm³/mol. The molecule has 0 spiro atoms. The van der Waals surface area contributed by atoms with E-state index in [4.69, 9.17) is 5.11 Å². The Morgan fingerprint density at radius 3 is 3.05 bits per heavy atom. The van der Waals surface area contributed by atoms with Crippen LogP contribution in [0.25, 0.3) is 11.0 Å². The van der Waals surface area contributed by atoms with Crippen LogP contribution in [0.1, 0.15) is 19.3 Å². The maximum absolute atomic E-state index is 11.2. The zero-order valence-corrected chi connectivity index (χ0v) is 12.4. The number of benzene rings is 1. The molecule has 1 aliphatic rings. The normalized spacial score (nSPS) is 18.8. The van der Waals surface area contributed by atoms with Gasteiger partial charge in [-0.05, 0) is 37.5 Å². The fraction of sp³-hybridized carbons (Fsp3) is 0.533. The van der Waals surface area contributed by atoms with Crippen molar-refractivity contribution in [1.82, 2.24) is 15.0 Å². The van der Waals surface area contributed by atoms with E-state index < -0.39 is 5.97 Å². The van der Waals surface area contributed by atoms with Gasteiger partial charge in [-0.15, -0.1) is 5.10 Å². The van der Waals surface area contributed by atoms with Crippen molar-refractivity contribution in [3.63, 3.8) is 0 Å². The summed E-state index contributed by atoms with van der Waals surface area (Å²) in [5.74, 6) is -1.02. The van der Waals surface area contributed by atoms with Gasteiger partial charge in [-0.1, -0.05) is 5.21 Å². The number of aryl methyl sites for hydroxylation is 1. The number of carboxylic acids is 1. The summed E-state index contributed by atoms with van der Waals surface area (Å²) in [5, 5.41) is 26.4. The molecule has 2 aromatic rings. The predicted octanol–water partition coefficient (Wildman–Crippen LogP) is 1.11. The molecule has 0 aliphatic carbocycles. The number of anilines is 1. The lowest BCUT2D eigenvalue weighted by Crippen LogP contribution is -2.38. The molecule has 118 valence electrons. The van der Waals surface area contributed by atoms with Gasteiger partial charge in [-0.2, -0.15) is 0 Å². The lowest BCUT2D eigenvalue weighted by Gasteiger charge is -2.32. The van der Waals surface area contributed by atoms with Gasteiger partial charge in [0, 0.05) is 31.9 Å². The van der Waals surface area contributed by atoms with E-state index in [0.717, 1.165) is 36.1 Å². The number of carbonyl (C=O) groups is 1. The van der Waals surface area contributed by atoms with Crippen molar-refractivity contribution in [1.29, 1.82) is 0 Å². The van der Waals surface area contributed by atoms with Crippen LogP contribution >= 0.6 is 0 Å². The topological polar surface area (TPSA) is 91.5 Å². The van der Waals surface area contributed by atoms with Gasteiger partial charge >= 0.3 is 5.97 Å². The second-order valence-electron chi connectivity index (χ2n) is 5.69. The highest BCUT2D eigenvalue weighted by atomic mass is 16.4. The Labute approximate surface area is 128 Å². The quantitative estimate of drug-likeness (QED) is 0.860. The molecule has 1 aliphatic heterocycles. The van der Waals surface area contributed by atoms with Gasteiger partial charge in [0.05, 0.1) is 11.4 Å². The number of rotatable bonds is 5. The van der Waals surface area contributed by atoms with Crippen LogP contribution in [0.3, 0.4) is 0 Å². The van der Waals surface area contributed by atoms with E-state index in [0.29, 0.717) is 19.5 Å². The van der Waals surface area contributed by atoms with Crippen LogP contribution in [0.2, 0.25) is 0 Å². The van der Waals surface area contributed by atoms with E-state index in [9.17, 15) is 9.90 Å². The number of aliphatic hydroxyl groups excluding tert-OH is 1. The molecule has 0 radical (unpaired) electrons. The number of nitrogens with zero attached hydrogens (tertiary/aromatic N) is 4. The van der Waals surface area contributed by atoms with Gasteiger partial charge in [-0.3, -0.25) is 4.79 Å². The average molecular weight is 304 g/mol. The SMILES string of the molecule is O=C(O)C1CCCN(c2ccc3c(c2)nnn3CCCO)C1. The molecule has 0 amide bonds. The first-order valence-electron chi connectivity index (χ1n) is 7.61. The Hall–Kier alpha value is -2.15. The minimum absolute atomic E-state index is 0.129. The minimum Gasteiger partial charge on any atom is -0.481 e. The van der Waals surface area contributed by atoms with Crippen molar-refractivity contribution >= 4 is 22.7 Å². The molecule has 2 heterocycles. The fourth-order valence-electron chi connectivity index (χ4n) is 2.96. The molecule has 1 saturated heterocycles. The molecule has 1 atom stereocenters. The van der Waals surface area contributed by atoms with E-state index in [1.54, 1.807) is 4.68 Å². The summed E-state index contributed by atoms with van der Waals surface area (Å²) < 4.78 is 1.78. The number of piperidine rings is 1. The minimum atomic E-state index is -0.722. The van der Waals surface area contributed by atoms with Crippen molar-refractivity contribution in [2.75, 3.05) is 24.6 Å². The first kappa shape index (κ1) is 14.8. The van der Waals surface area contributed by atoms with Crippen molar-refractivity contribution in [3.8, 4) is 0 Å². The molecule has 22 heavy (non-hydrogen) atoms. The summed E-state index contributed by atoms with van der Waals surface area (Å²) in [4.78, 5) is 13.3. The molecule has 1 unspecified atom stereocenters. The van der Waals surface area contributed by atoms with Gasteiger partial charge in [0.1, 0.15) is 5.52 Å². The maximum atomic E-state index is 11.2. The Morgan fingerprint density at radius 2 is 2.27 bits per heavy atom. The second-order valence-corrected chi connectivity index (χ2v) is 5.69. The van der Waals surface area contributed by atoms with Crippen LogP contribution in [0.5, 0.6) is 0 Å². The standard InChI is InChI=1S/C15H20N4O3/c20-8-2-7-19-14-5-4-12(9-13(14)16-17-19)18-6-1-3-11(10-18)15(21)22/h4-5,9,11,20H,1-3,6-8,10H2,(H,21,22). The summed E-state index contributed by atoms with van der Waals surface area (Å²) in [5.41, 5.74) is 2.73. The van der Waals surface area contributed by atoms with E-state index in [2.05, 4.69) is 15.2 Å². The first-order chi connectivity index (χ1) is 10.7. The highest BCUT2D eigenvalue weighted by Crippen LogP contribution is 2.26. The first-order valence-corrected chi connectivity index (χ1v) is 7.61. The molecule has 1 aromatic heterocycles. The van der Waals surface area contributed by atoms with Gasteiger partial charge in [0.2, 0.25) is 0 Å². The van der Waals surface area contributed by atoms with Crippen molar-refractivity contribution in [2.24, 2.45) is 5.92 Å². The smallest absolute Gasteiger partial charge is 0.308 e. The van der Waals surface area contributed by atoms with E-state index >= 15 is 0 Å². The molecule has 3 rings (SSSR count). The summed E-state index contributed by atoms with van der Waals surface area (Å²) in [6.07, 6.45) is 2.27. The monoisotopic (exact) mass is 304 g/mol. The Balaban J connectivity index is 1.81. The van der Waals surface area contributed by atoms with Crippen molar-refractivity contribution in [3.05, 3.63) is 18.2 Å². The largest absolute Gasteiger partial charge is 0.481 e. The van der Waals surface area contributed by atoms with Gasteiger partial charge in [0.15, 0.2) is 0 Å². The van der Waals surface area contributed by atoms with E-state index in [1.807, 2.05) is 18.2 Å². The van der Waals surface area contributed by atoms with Crippen LogP contribution < -0.4 is 4.90 Å². The number of aliphatic hydroxyl groups is 1. The number of aliphatic carboxylic acids is 1. The summed E-state index contributed by atoms with van der Waals surface area (Å²) >= 11 is 0. The van der Waals surface area contributed by atoms with Crippen LogP contribution in [0.15, 0.2) is 18.2 Å². The number of carboxylic acid groups (broad SMARTS) is 1. The third kappa shape index (κ3) is 2.89. The van der Waals surface area contributed by atoms with Gasteiger partial charge in [-0.25, -0.2) is 4.68 Å². The molecular weight excluding hydrogens is 284 g/mol. The maximum Gasteiger partial charge on any atom is 0.308 e. The number of hydrogen-bond donors (Lipinski definition) is 2. The summed E-state index contributed by atoms with van der Waals surface area (Å²) in [7, 11) is 0. The summed E-state index contributed by atoms with van der Waals surface area (Å²) in [6, 6.07) is 5.92. The fourth-order valence-corrected chi connectivity index (χ4v) is 2.96. The molecule has 7 nitrogen and oxygen atoms in total. The zero-order chi connectivity index (χ0) is 15.5. The average Bonchev–Trinajstić information content (AvgIpc) is 2.95. The molecule has 2 N–H and O–H groups in total. The molecule has 1 fully saturated rings. The molecular formula is C15H20N4O3. The van der Waals surface area contributed by atoms with E-state index in [1.165, 1.54) is 0 Å². The number of aromatic nitrogens is 3. The zero-order valence-electron chi connectivity index (χ0n) is 12.4. The third-order valence-electron chi connectivity index (χ3n) is 4.16. The highest BCUT2D eigenvalue weighted by molar-refractivity contribution is 5.79. The molecule has 0 saturated carbocycles. The third-order valence-corrected chi connectivity index (χ3v) is 4.16. The van der Waals surface area contributed by atoms with Crippen molar-refractivity contribution in [2.45, 2.75) is 25.8 Å². The number of hydrogen-bond acceptors (Lipinski definition) is 5. The van der Waals surface area contributed by atoms with Crippen LogP contribution in [-0.4, -0.2) is 50.9 Å². The number of fused-ring (bicyclic) bond motifs is 1. The van der Waals surface area contributed by atoms with Crippen LogP contribution in [0.4, 0.5) is 5.69 Å². The summed E-state index contributed by atoms with van der Waals surface area (Å²) in [6.45, 7) is 2.17. The van der Waals surface area contributed by atoms with Crippen LogP contribution in [-0.2, 0) is 11.3 Å². The van der Waals surface area contributed by atoms with Gasteiger partial charge in [0.25, 0.3) is 0 Å². The van der Waals surface area contributed by atoms with Crippen LogP contribution in [0, 0.1) is 5.92 Å². The lowest BCUT2D eigenvalue weighted by molar-refractivity contribution is -0.141. The van der Waals surface area contributed by atoms with E-state index in [-0.39, 0.29) is 12.5 Å². The van der Waals surface area contributed by atoms with Gasteiger partial charge < -0.3 is 15.1 Å². The molecule has 7 heteroatoms. The Bertz CT molecular complexity index is 670. The Kier molecular flexibility index (Phi) is 4.24. The molecule has 1 aromatic carbocycles. The Morgan fingerprint density at radius 1 is 1.41 bits per heavy atom.